The van der Waals surface area contributed by atoms with Gasteiger partial charge in [0.1, 0.15) is 11.9 Å². The first-order valence-electron chi connectivity index (χ1n) is 5.48. The van der Waals surface area contributed by atoms with Crippen molar-refractivity contribution in [2.75, 3.05) is 11.1 Å². The van der Waals surface area contributed by atoms with Crippen LogP contribution in [0.2, 0.25) is 0 Å². The molecule has 0 aliphatic carbocycles. The van der Waals surface area contributed by atoms with Gasteiger partial charge < -0.3 is 11.1 Å². The van der Waals surface area contributed by atoms with Crippen molar-refractivity contribution in [3.8, 4) is 6.07 Å². The van der Waals surface area contributed by atoms with Gasteiger partial charge in [0.25, 0.3) is 0 Å². The predicted molar refractivity (Wildman–Crippen MR) is 66.0 cm³/mol. The molecule has 4 heteroatoms. The fourth-order valence-corrected chi connectivity index (χ4v) is 1.36. The Hall–Kier alpha value is -1.76. The van der Waals surface area contributed by atoms with E-state index in [1.807, 2.05) is 6.07 Å². The Morgan fingerprint density at radius 3 is 2.56 bits per heavy atom. The second-order valence-electron chi connectivity index (χ2n) is 4.17. The van der Waals surface area contributed by atoms with E-state index < -0.39 is 0 Å². The molecule has 0 saturated heterocycles. The highest BCUT2D eigenvalue weighted by molar-refractivity contribution is 5.63. The summed E-state index contributed by atoms with van der Waals surface area (Å²) in [6, 6.07) is 3.66. The molecule has 16 heavy (non-hydrogen) atoms. The molecule has 0 bridgehead atoms. The van der Waals surface area contributed by atoms with Gasteiger partial charge in [-0.25, -0.2) is 4.98 Å². The Morgan fingerprint density at radius 2 is 2.12 bits per heavy atom. The minimum atomic E-state index is -0.00468. The predicted octanol–water partition coefficient (Wildman–Crippen LogP) is 2.53. The van der Waals surface area contributed by atoms with Crippen LogP contribution in [0.15, 0.2) is 12.3 Å². The van der Waals surface area contributed by atoms with Gasteiger partial charge in [-0.15, -0.1) is 0 Å². The number of hydrogen-bond donors (Lipinski definition) is 2. The molecule has 1 heterocycles. The van der Waals surface area contributed by atoms with E-state index in [0.29, 0.717) is 17.1 Å². The SMILES string of the molecule is CCC(C)(CC)Nc1ncc(C#N)cc1N. The van der Waals surface area contributed by atoms with Crippen molar-refractivity contribution < 1.29 is 0 Å². The second kappa shape index (κ2) is 4.84. The number of hydrogen-bond acceptors (Lipinski definition) is 4. The molecule has 0 aromatic carbocycles. The van der Waals surface area contributed by atoms with Gasteiger partial charge in [-0.2, -0.15) is 5.26 Å². The summed E-state index contributed by atoms with van der Waals surface area (Å²) in [7, 11) is 0. The third-order valence-electron chi connectivity index (χ3n) is 3.03. The smallest absolute Gasteiger partial charge is 0.149 e. The maximum atomic E-state index is 8.71. The molecule has 1 aromatic heterocycles. The highest BCUT2D eigenvalue weighted by atomic mass is 15.1. The number of nitrogens with two attached hydrogens (primary N) is 1. The van der Waals surface area contributed by atoms with Crippen molar-refractivity contribution in [1.82, 2.24) is 4.98 Å². The molecule has 0 radical (unpaired) electrons. The van der Waals surface area contributed by atoms with Crippen LogP contribution in [0.5, 0.6) is 0 Å². The van der Waals surface area contributed by atoms with Crippen LogP contribution < -0.4 is 11.1 Å². The van der Waals surface area contributed by atoms with Crippen molar-refractivity contribution in [1.29, 1.82) is 5.26 Å². The van der Waals surface area contributed by atoms with Gasteiger partial charge in [0, 0.05) is 11.7 Å². The average molecular weight is 218 g/mol. The van der Waals surface area contributed by atoms with E-state index >= 15 is 0 Å². The van der Waals surface area contributed by atoms with Crippen molar-refractivity contribution >= 4 is 11.5 Å². The first kappa shape index (κ1) is 12.3. The van der Waals surface area contributed by atoms with Crippen molar-refractivity contribution in [3.63, 3.8) is 0 Å². The van der Waals surface area contributed by atoms with E-state index in [9.17, 15) is 0 Å². The van der Waals surface area contributed by atoms with E-state index in [0.717, 1.165) is 12.8 Å². The molecule has 0 atom stereocenters. The van der Waals surface area contributed by atoms with Crippen molar-refractivity contribution in [2.24, 2.45) is 0 Å². The van der Waals surface area contributed by atoms with E-state index in [2.05, 4.69) is 31.1 Å². The van der Waals surface area contributed by atoms with Gasteiger partial charge in [0.15, 0.2) is 0 Å². The van der Waals surface area contributed by atoms with Crippen LogP contribution in [0.1, 0.15) is 39.2 Å². The number of aromatic nitrogens is 1. The largest absolute Gasteiger partial charge is 0.396 e. The van der Waals surface area contributed by atoms with E-state index in [-0.39, 0.29) is 5.54 Å². The summed E-state index contributed by atoms with van der Waals surface area (Å²) in [6.07, 6.45) is 3.51. The van der Waals surface area contributed by atoms with Gasteiger partial charge in [-0.05, 0) is 25.8 Å². The number of nitriles is 1. The molecule has 0 unspecified atom stereocenters. The Morgan fingerprint density at radius 1 is 1.50 bits per heavy atom. The summed E-state index contributed by atoms with van der Waals surface area (Å²) >= 11 is 0. The molecule has 0 amide bonds. The minimum absolute atomic E-state index is 0.00468. The van der Waals surface area contributed by atoms with Crippen molar-refractivity contribution in [2.45, 2.75) is 39.2 Å². The molecule has 0 aliphatic heterocycles. The number of pyridine rings is 1. The zero-order valence-electron chi connectivity index (χ0n) is 10.0. The second-order valence-corrected chi connectivity index (χ2v) is 4.17. The molecule has 0 aliphatic rings. The van der Waals surface area contributed by atoms with Crippen LogP contribution in [-0.4, -0.2) is 10.5 Å². The van der Waals surface area contributed by atoms with Gasteiger partial charge in [0.05, 0.1) is 11.3 Å². The summed E-state index contributed by atoms with van der Waals surface area (Å²) in [6.45, 7) is 6.37. The Balaban J connectivity index is 2.94. The highest BCUT2D eigenvalue weighted by Gasteiger charge is 2.20. The number of anilines is 2. The molecule has 0 fully saturated rings. The summed E-state index contributed by atoms with van der Waals surface area (Å²) in [5.74, 6) is 0.658. The van der Waals surface area contributed by atoms with Crippen LogP contribution in [-0.2, 0) is 0 Å². The van der Waals surface area contributed by atoms with Crippen LogP contribution in [0.25, 0.3) is 0 Å². The van der Waals surface area contributed by atoms with Gasteiger partial charge in [-0.1, -0.05) is 13.8 Å². The molecule has 3 N–H and O–H groups in total. The van der Waals surface area contributed by atoms with Crippen LogP contribution in [0.4, 0.5) is 11.5 Å². The molecule has 0 saturated carbocycles. The van der Waals surface area contributed by atoms with E-state index in [1.54, 1.807) is 6.07 Å². The summed E-state index contributed by atoms with van der Waals surface area (Å²) in [4.78, 5) is 4.17. The monoisotopic (exact) mass is 218 g/mol. The maximum absolute atomic E-state index is 8.71. The first-order valence-corrected chi connectivity index (χ1v) is 5.48. The van der Waals surface area contributed by atoms with E-state index in [4.69, 9.17) is 11.0 Å². The standard InChI is InChI=1S/C12H18N4/c1-4-12(3,5-2)16-11-10(14)6-9(7-13)8-15-11/h6,8H,4-5,14H2,1-3H3,(H,15,16). The molecule has 4 nitrogen and oxygen atoms in total. The summed E-state index contributed by atoms with van der Waals surface area (Å²) in [5.41, 5.74) is 6.84. The Labute approximate surface area is 96.5 Å². The molecule has 1 rings (SSSR count). The quantitative estimate of drug-likeness (QED) is 0.814. The zero-order chi connectivity index (χ0) is 12.2. The lowest BCUT2D eigenvalue weighted by atomic mass is 9.95. The van der Waals surface area contributed by atoms with Crippen LogP contribution >= 0.6 is 0 Å². The Kier molecular flexibility index (Phi) is 3.73. The van der Waals surface area contributed by atoms with Crippen LogP contribution in [0, 0.1) is 11.3 Å². The fourth-order valence-electron chi connectivity index (χ4n) is 1.36. The van der Waals surface area contributed by atoms with Gasteiger partial charge in [0.2, 0.25) is 0 Å². The Bertz CT molecular complexity index is 402. The number of nitrogens with zero attached hydrogens (tertiary/aromatic N) is 2. The number of nitrogen functional groups attached to an aromatic ring is 1. The lowest BCUT2D eigenvalue weighted by Crippen LogP contribution is -2.33. The lowest BCUT2D eigenvalue weighted by Gasteiger charge is -2.29. The molecule has 86 valence electrons. The molecule has 1 aromatic rings. The van der Waals surface area contributed by atoms with Gasteiger partial charge in [-0.3, -0.25) is 0 Å². The van der Waals surface area contributed by atoms with Crippen LogP contribution in [0.3, 0.4) is 0 Å². The summed E-state index contributed by atoms with van der Waals surface area (Å²) < 4.78 is 0. The highest BCUT2D eigenvalue weighted by Crippen LogP contribution is 2.24. The van der Waals surface area contributed by atoms with E-state index in [1.165, 1.54) is 6.20 Å². The molecule has 0 spiro atoms. The normalized spacial score (nSPS) is 10.9. The average Bonchev–Trinajstić information content (AvgIpc) is 2.31. The third-order valence-corrected chi connectivity index (χ3v) is 3.03. The zero-order valence-corrected chi connectivity index (χ0v) is 10.0. The van der Waals surface area contributed by atoms with Crippen molar-refractivity contribution in [3.05, 3.63) is 17.8 Å². The minimum Gasteiger partial charge on any atom is -0.396 e. The summed E-state index contributed by atoms with van der Waals surface area (Å²) in [5, 5.41) is 12.0. The third kappa shape index (κ3) is 2.63. The number of nitrogens with one attached hydrogen (secondary N) is 1. The van der Waals surface area contributed by atoms with Gasteiger partial charge >= 0.3 is 0 Å². The fraction of sp³-hybridized carbons (Fsp3) is 0.500. The molecular weight excluding hydrogens is 200 g/mol. The lowest BCUT2D eigenvalue weighted by molar-refractivity contribution is 0.477. The molecular formula is C12H18N4. The maximum Gasteiger partial charge on any atom is 0.149 e. The first-order chi connectivity index (χ1) is 7.54. The number of rotatable bonds is 4. The topological polar surface area (TPSA) is 74.7 Å².